The third kappa shape index (κ3) is 2.07. The molecule has 7 heteroatoms. The predicted octanol–water partition coefficient (Wildman–Crippen LogP) is -0.234. The second kappa shape index (κ2) is 4.90. The van der Waals surface area contributed by atoms with Gasteiger partial charge >= 0.3 is 0 Å². The van der Waals surface area contributed by atoms with Crippen molar-refractivity contribution < 1.29 is 9.18 Å². The molecule has 0 aliphatic carbocycles. The first kappa shape index (κ1) is 13.1. The van der Waals surface area contributed by atoms with E-state index in [1.165, 1.54) is 6.20 Å². The van der Waals surface area contributed by atoms with Crippen LogP contribution in [0.15, 0.2) is 12.4 Å². The summed E-state index contributed by atoms with van der Waals surface area (Å²) in [5.74, 6) is -0.343. The van der Waals surface area contributed by atoms with E-state index >= 15 is 0 Å². The van der Waals surface area contributed by atoms with Crippen LogP contribution in [-0.2, 0) is 4.79 Å². The number of pyridine rings is 1. The van der Waals surface area contributed by atoms with Crippen molar-refractivity contribution in [3.63, 3.8) is 0 Å². The molecule has 0 spiro atoms. The van der Waals surface area contributed by atoms with Gasteiger partial charge in [-0.15, -0.1) is 0 Å². The second-order valence-corrected chi connectivity index (χ2v) is 5.32. The van der Waals surface area contributed by atoms with Crippen molar-refractivity contribution in [3.05, 3.63) is 18.2 Å². The van der Waals surface area contributed by atoms with E-state index < -0.39 is 5.82 Å². The molecule has 0 radical (unpaired) electrons. The van der Waals surface area contributed by atoms with E-state index in [2.05, 4.69) is 9.88 Å². The molecular formula is C13H18FN5O. The maximum Gasteiger partial charge on any atom is 0.241 e. The number of carbonyl (C=O) groups is 1. The highest BCUT2D eigenvalue weighted by Gasteiger charge is 2.38. The molecule has 3 heterocycles. The van der Waals surface area contributed by atoms with Crippen LogP contribution in [0.5, 0.6) is 0 Å². The maximum atomic E-state index is 13.9. The summed E-state index contributed by atoms with van der Waals surface area (Å²) in [5, 5.41) is 0. The summed E-state index contributed by atoms with van der Waals surface area (Å²) in [5.41, 5.74) is 6.51. The second-order valence-electron chi connectivity index (χ2n) is 5.32. The Bertz CT molecular complexity index is 517. The summed E-state index contributed by atoms with van der Waals surface area (Å²) in [4.78, 5) is 21.7. The summed E-state index contributed by atoms with van der Waals surface area (Å²) in [7, 11) is 1.81. The molecule has 2 saturated heterocycles. The van der Waals surface area contributed by atoms with E-state index in [4.69, 9.17) is 5.73 Å². The van der Waals surface area contributed by atoms with Crippen molar-refractivity contribution in [1.29, 1.82) is 0 Å². The number of carbonyl (C=O) groups excluding carboxylic acids is 1. The SMILES string of the molecule is CN1CCN2CCN(c3c(N)cncc3F)CC2C1=O. The minimum atomic E-state index is -0.435. The van der Waals surface area contributed by atoms with E-state index in [1.54, 1.807) is 11.9 Å². The first-order valence-corrected chi connectivity index (χ1v) is 6.71. The first-order valence-electron chi connectivity index (χ1n) is 6.71. The number of piperazine rings is 2. The number of halogens is 1. The van der Waals surface area contributed by atoms with Crippen LogP contribution in [-0.4, -0.2) is 66.5 Å². The predicted molar refractivity (Wildman–Crippen MR) is 73.8 cm³/mol. The van der Waals surface area contributed by atoms with Gasteiger partial charge in [-0.05, 0) is 0 Å². The first-order chi connectivity index (χ1) is 9.58. The van der Waals surface area contributed by atoms with Gasteiger partial charge in [-0.25, -0.2) is 4.39 Å². The zero-order valence-corrected chi connectivity index (χ0v) is 11.4. The molecule has 2 fully saturated rings. The van der Waals surface area contributed by atoms with Crippen molar-refractivity contribution in [3.8, 4) is 0 Å². The molecule has 6 nitrogen and oxygen atoms in total. The molecule has 0 aromatic carbocycles. The Labute approximate surface area is 117 Å². The fourth-order valence-electron chi connectivity index (χ4n) is 2.95. The molecule has 1 atom stereocenters. The molecule has 0 bridgehead atoms. The molecule has 2 aliphatic rings. The van der Waals surface area contributed by atoms with E-state index in [-0.39, 0.29) is 11.9 Å². The van der Waals surface area contributed by atoms with Crippen LogP contribution in [0.4, 0.5) is 15.8 Å². The van der Waals surface area contributed by atoms with Crippen molar-refractivity contribution in [1.82, 2.24) is 14.8 Å². The molecule has 3 rings (SSSR count). The molecule has 1 aromatic rings. The molecule has 108 valence electrons. The highest BCUT2D eigenvalue weighted by molar-refractivity contribution is 5.84. The lowest BCUT2D eigenvalue weighted by molar-refractivity contribution is -0.140. The number of hydrogen-bond donors (Lipinski definition) is 1. The van der Waals surface area contributed by atoms with E-state index in [1.807, 2.05) is 4.90 Å². The van der Waals surface area contributed by atoms with E-state index in [0.29, 0.717) is 24.5 Å². The third-order valence-corrected chi connectivity index (χ3v) is 4.09. The average Bonchev–Trinajstić information content (AvgIpc) is 2.43. The standard InChI is InChI=1S/C13H18FN5O/c1-17-2-3-18-4-5-19(8-11(18)13(17)20)12-9(14)6-16-7-10(12)15/h6-7,11H,2-5,8,15H2,1H3. The van der Waals surface area contributed by atoms with Gasteiger partial charge in [0.25, 0.3) is 0 Å². The topological polar surface area (TPSA) is 65.7 Å². The zero-order chi connectivity index (χ0) is 14.3. The number of nitrogen functional groups attached to an aromatic ring is 1. The van der Waals surface area contributed by atoms with Crippen LogP contribution in [0.3, 0.4) is 0 Å². The number of hydrogen-bond acceptors (Lipinski definition) is 5. The lowest BCUT2D eigenvalue weighted by Crippen LogP contribution is -2.64. The Morgan fingerprint density at radius 3 is 2.80 bits per heavy atom. The summed E-state index contributed by atoms with van der Waals surface area (Å²) in [6, 6.07) is -0.213. The van der Waals surface area contributed by atoms with Gasteiger partial charge in [0.1, 0.15) is 6.04 Å². The number of anilines is 2. The lowest BCUT2D eigenvalue weighted by atomic mass is 10.1. The normalized spacial score (nSPS) is 23.9. The van der Waals surface area contributed by atoms with Gasteiger partial charge in [0.05, 0.1) is 23.8 Å². The van der Waals surface area contributed by atoms with Gasteiger partial charge in [-0.1, -0.05) is 0 Å². The van der Waals surface area contributed by atoms with E-state index in [9.17, 15) is 9.18 Å². The van der Waals surface area contributed by atoms with Gasteiger partial charge in [0.2, 0.25) is 5.91 Å². The Balaban J connectivity index is 1.86. The van der Waals surface area contributed by atoms with Crippen molar-refractivity contribution >= 4 is 17.3 Å². The Kier molecular flexibility index (Phi) is 3.21. The van der Waals surface area contributed by atoms with Crippen LogP contribution >= 0.6 is 0 Å². The van der Waals surface area contributed by atoms with Crippen molar-refractivity contribution in [2.75, 3.05) is 50.4 Å². The number of likely N-dealkylation sites (N-methyl/N-ethyl adjacent to an activating group) is 1. The third-order valence-electron chi connectivity index (χ3n) is 4.09. The largest absolute Gasteiger partial charge is 0.396 e. The minimum absolute atomic E-state index is 0.0917. The molecule has 20 heavy (non-hydrogen) atoms. The zero-order valence-electron chi connectivity index (χ0n) is 11.4. The fourth-order valence-corrected chi connectivity index (χ4v) is 2.95. The van der Waals surface area contributed by atoms with Gasteiger partial charge in [0, 0.05) is 39.8 Å². The van der Waals surface area contributed by atoms with Gasteiger partial charge in [0.15, 0.2) is 5.82 Å². The molecule has 2 N–H and O–H groups in total. The van der Waals surface area contributed by atoms with Crippen LogP contribution in [0.2, 0.25) is 0 Å². The van der Waals surface area contributed by atoms with E-state index in [0.717, 1.165) is 25.8 Å². The summed E-state index contributed by atoms with van der Waals surface area (Å²) in [6.45, 7) is 3.49. The number of rotatable bonds is 1. The Morgan fingerprint density at radius 2 is 2.05 bits per heavy atom. The monoisotopic (exact) mass is 279 g/mol. The fraction of sp³-hybridized carbons (Fsp3) is 0.538. The molecule has 1 aromatic heterocycles. The van der Waals surface area contributed by atoms with Crippen LogP contribution in [0, 0.1) is 5.82 Å². The Hall–Kier alpha value is -1.89. The smallest absolute Gasteiger partial charge is 0.241 e. The Morgan fingerprint density at radius 1 is 1.30 bits per heavy atom. The quantitative estimate of drug-likeness (QED) is 0.769. The van der Waals surface area contributed by atoms with Gasteiger partial charge in [-0.2, -0.15) is 0 Å². The number of nitrogens with zero attached hydrogens (tertiary/aromatic N) is 4. The number of aromatic nitrogens is 1. The molecule has 2 aliphatic heterocycles. The maximum absolute atomic E-state index is 13.9. The molecule has 0 saturated carbocycles. The van der Waals surface area contributed by atoms with Crippen LogP contribution in [0.1, 0.15) is 0 Å². The summed E-state index contributed by atoms with van der Waals surface area (Å²) < 4.78 is 13.9. The van der Waals surface area contributed by atoms with Gasteiger partial charge < -0.3 is 15.5 Å². The van der Waals surface area contributed by atoms with Crippen molar-refractivity contribution in [2.45, 2.75) is 6.04 Å². The van der Waals surface area contributed by atoms with Crippen LogP contribution < -0.4 is 10.6 Å². The average molecular weight is 279 g/mol. The number of amides is 1. The minimum Gasteiger partial charge on any atom is -0.396 e. The molecule has 1 unspecified atom stereocenters. The lowest BCUT2D eigenvalue weighted by Gasteiger charge is -2.46. The summed E-state index contributed by atoms with van der Waals surface area (Å²) >= 11 is 0. The highest BCUT2D eigenvalue weighted by Crippen LogP contribution is 2.28. The highest BCUT2D eigenvalue weighted by atomic mass is 19.1. The summed E-state index contributed by atoms with van der Waals surface area (Å²) in [6.07, 6.45) is 2.60. The molecular weight excluding hydrogens is 261 g/mol. The van der Waals surface area contributed by atoms with Gasteiger partial charge in [-0.3, -0.25) is 14.7 Å². The molecule has 1 amide bonds. The van der Waals surface area contributed by atoms with Crippen molar-refractivity contribution in [2.24, 2.45) is 0 Å². The van der Waals surface area contributed by atoms with Crippen LogP contribution in [0.25, 0.3) is 0 Å². The number of fused-ring (bicyclic) bond motifs is 1. The number of nitrogens with two attached hydrogens (primary N) is 1.